The first-order valence-electron chi connectivity index (χ1n) is 15.8. The lowest BCUT2D eigenvalue weighted by molar-refractivity contribution is -0.137. The lowest BCUT2D eigenvalue weighted by atomic mass is 10.0. The average molecular weight is 658 g/mol. The van der Waals surface area contributed by atoms with Gasteiger partial charge in [-0.05, 0) is 105 Å². The van der Waals surface area contributed by atoms with Gasteiger partial charge in [0.05, 0.1) is 27.3 Å². The van der Waals surface area contributed by atoms with Crippen molar-refractivity contribution in [3.63, 3.8) is 0 Å². The maximum atomic E-state index is 13.5. The molecule has 1 fully saturated rings. The number of hydrogen-bond acceptors (Lipinski definition) is 6. The second kappa shape index (κ2) is 13.7. The molecule has 0 amide bonds. The Kier molecular flexibility index (Phi) is 9.09. The van der Waals surface area contributed by atoms with E-state index in [2.05, 4.69) is 11.4 Å². The van der Waals surface area contributed by atoms with Crippen molar-refractivity contribution >= 4 is 27.2 Å². The van der Waals surface area contributed by atoms with Crippen LogP contribution < -0.4 is 19.5 Å². The van der Waals surface area contributed by atoms with E-state index in [9.17, 15) is 13.2 Å². The van der Waals surface area contributed by atoms with E-state index in [4.69, 9.17) is 18.9 Å². The number of hydrogen-bond donors (Lipinski definition) is 1. The Morgan fingerprint density at radius 1 is 0.851 bits per heavy atom. The highest BCUT2D eigenvalue weighted by atomic mass is 32.1. The highest BCUT2D eigenvalue weighted by Crippen LogP contribution is 2.51. The average Bonchev–Trinajstić information content (AvgIpc) is 3.47. The summed E-state index contributed by atoms with van der Waals surface area (Å²) in [5.74, 6) is 3.32. The maximum absolute atomic E-state index is 13.5. The Bertz CT molecular complexity index is 1850. The molecular formula is C38H34F3NO4S. The van der Waals surface area contributed by atoms with E-state index >= 15 is 0 Å². The Morgan fingerprint density at radius 2 is 1.60 bits per heavy atom. The monoisotopic (exact) mass is 657 g/mol. The number of benzene rings is 4. The molecule has 1 aromatic heterocycles. The zero-order chi connectivity index (χ0) is 32.2. The largest absolute Gasteiger partial charge is 0.493 e. The van der Waals surface area contributed by atoms with Gasteiger partial charge in [0.15, 0.2) is 5.75 Å². The SMILES string of the molecule is FC(F)(F)c1ccc(-c2sc3c(C4=CCCCO4)c(OCc4ccccc4)ccc3c2Oc2ccc(OC3CCNCC3)cc2)cc1. The molecule has 0 aliphatic carbocycles. The summed E-state index contributed by atoms with van der Waals surface area (Å²) in [6, 6.07) is 26.5. The summed E-state index contributed by atoms with van der Waals surface area (Å²) < 4.78 is 66.6. The molecule has 3 heterocycles. The van der Waals surface area contributed by atoms with E-state index in [-0.39, 0.29) is 6.10 Å². The second-order valence-electron chi connectivity index (χ2n) is 11.6. The molecule has 0 radical (unpaired) electrons. The number of nitrogens with one attached hydrogen (secondary N) is 1. The topological polar surface area (TPSA) is 49.0 Å². The first-order valence-corrected chi connectivity index (χ1v) is 16.7. The molecule has 0 unspecified atom stereocenters. The van der Waals surface area contributed by atoms with E-state index in [0.717, 1.165) is 83.6 Å². The van der Waals surface area contributed by atoms with Crippen LogP contribution in [0.2, 0.25) is 0 Å². The lowest BCUT2D eigenvalue weighted by Gasteiger charge is -2.23. The number of alkyl halides is 3. The van der Waals surface area contributed by atoms with Gasteiger partial charge in [-0.3, -0.25) is 0 Å². The van der Waals surface area contributed by atoms with Crippen molar-refractivity contribution in [1.29, 1.82) is 0 Å². The van der Waals surface area contributed by atoms with Crippen molar-refractivity contribution < 1.29 is 32.1 Å². The van der Waals surface area contributed by atoms with Crippen LogP contribution in [0.4, 0.5) is 13.2 Å². The Morgan fingerprint density at radius 3 is 2.30 bits per heavy atom. The van der Waals surface area contributed by atoms with Crippen molar-refractivity contribution in [3.05, 3.63) is 114 Å². The number of rotatable bonds is 9. The number of thiophene rings is 1. The minimum atomic E-state index is -4.43. The molecule has 4 aromatic carbocycles. The summed E-state index contributed by atoms with van der Waals surface area (Å²) in [4.78, 5) is 0.710. The first kappa shape index (κ1) is 31.1. The standard InChI is InChI=1S/C38H34F3NO4S/c39-38(40,41)27-11-9-26(10-12-27)36-35(46-29-15-13-28(14-16-29)45-30-19-21-42-22-20-30)31-17-18-33(44-24-25-6-2-1-3-7-25)34(37(31)47-36)32-8-4-5-23-43-32/h1-3,6-18,30,42H,4-5,19-24H2. The van der Waals surface area contributed by atoms with E-state index in [1.165, 1.54) is 23.5 Å². The molecule has 2 aliphatic rings. The number of ether oxygens (including phenoxy) is 4. The van der Waals surface area contributed by atoms with E-state index in [1.54, 1.807) is 0 Å². The second-order valence-corrected chi connectivity index (χ2v) is 12.6. The molecule has 1 N–H and O–H groups in total. The molecule has 0 saturated carbocycles. The van der Waals surface area contributed by atoms with Crippen LogP contribution in [0.25, 0.3) is 26.3 Å². The molecule has 0 bridgehead atoms. The molecule has 7 rings (SSSR count). The molecule has 2 aliphatic heterocycles. The molecule has 9 heteroatoms. The summed E-state index contributed by atoms with van der Waals surface area (Å²) in [7, 11) is 0. The lowest BCUT2D eigenvalue weighted by Crippen LogP contribution is -2.34. The van der Waals surface area contributed by atoms with Crippen LogP contribution in [-0.2, 0) is 17.5 Å². The summed E-state index contributed by atoms with van der Waals surface area (Å²) in [6.07, 6.45) is 1.52. The summed E-state index contributed by atoms with van der Waals surface area (Å²) in [5.41, 5.74) is 1.77. The van der Waals surface area contributed by atoms with Crippen LogP contribution in [0, 0.1) is 0 Å². The van der Waals surface area contributed by atoms with Gasteiger partial charge in [-0.2, -0.15) is 13.2 Å². The van der Waals surface area contributed by atoms with Crippen molar-refractivity contribution in [2.75, 3.05) is 19.7 Å². The molecule has 0 spiro atoms. The van der Waals surface area contributed by atoms with Gasteiger partial charge in [-0.1, -0.05) is 42.5 Å². The van der Waals surface area contributed by atoms with Crippen molar-refractivity contribution in [2.24, 2.45) is 0 Å². The quantitative estimate of drug-likeness (QED) is 0.171. The highest BCUT2D eigenvalue weighted by Gasteiger charge is 2.31. The number of piperidine rings is 1. The Balaban J connectivity index is 1.30. The number of allylic oxidation sites excluding steroid dienone is 1. The third-order valence-electron chi connectivity index (χ3n) is 8.30. The van der Waals surface area contributed by atoms with Crippen LogP contribution in [0.3, 0.4) is 0 Å². The molecule has 1 saturated heterocycles. The van der Waals surface area contributed by atoms with Gasteiger partial charge in [0.1, 0.15) is 35.7 Å². The highest BCUT2D eigenvalue weighted by molar-refractivity contribution is 7.23. The smallest absolute Gasteiger partial charge is 0.416 e. The number of fused-ring (bicyclic) bond motifs is 1. The Hall–Kier alpha value is -4.47. The van der Waals surface area contributed by atoms with Crippen molar-refractivity contribution in [2.45, 2.75) is 44.6 Å². The fraction of sp³-hybridized carbons (Fsp3) is 0.263. The summed E-state index contributed by atoms with van der Waals surface area (Å²) in [6.45, 7) is 2.84. The fourth-order valence-corrected chi connectivity index (χ4v) is 7.13. The van der Waals surface area contributed by atoms with Crippen LogP contribution in [0.1, 0.15) is 42.4 Å². The van der Waals surface area contributed by atoms with Gasteiger partial charge in [0, 0.05) is 5.39 Å². The summed E-state index contributed by atoms with van der Waals surface area (Å²) >= 11 is 1.45. The molecule has 242 valence electrons. The third-order valence-corrected chi connectivity index (χ3v) is 9.55. The van der Waals surface area contributed by atoms with E-state index < -0.39 is 11.7 Å². The predicted octanol–water partition coefficient (Wildman–Crippen LogP) is 10.2. The van der Waals surface area contributed by atoms with Gasteiger partial charge in [-0.25, -0.2) is 0 Å². The van der Waals surface area contributed by atoms with Crippen molar-refractivity contribution in [1.82, 2.24) is 5.32 Å². The molecule has 47 heavy (non-hydrogen) atoms. The van der Waals surface area contributed by atoms with Gasteiger partial charge >= 0.3 is 6.18 Å². The minimum absolute atomic E-state index is 0.170. The summed E-state index contributed by atoms with van der Waals surface area (Å²) in [5, 5.41) is 4.16. The molecular weight excluding hydrogens is 623 g/mol. The van der Waals surface area contributed by atoms with Crippen molar-refractivity contribution in [3.8, 4) is 33.4 Å². The fourth-order valence-electron chi connectivity index (χ4n) is 5.85. The molecule has 5 aromatic rings. The van der Waals surface area contributed by atoms with E-state index in [0.29, 0.717) is 40.9 Å². The zero-order valence-corrected chi connectivity index (χ0v) is 26.5. The molecule has 0 atom stereocenters. The first-order chi connectivity index (χ1) is 22.9. The van der Waals surface area contributed by atoms with Gasteiger partial charge in [-0.15, -0.1) is 11.3 Å². The third kappa shape index (κ3) is 7.11. The maximum Gasteiger partial charge on any atom is 0.416 e. The van der Waals surface area contributed by atoms with Crippen LogP contribution >= 0.6 is 11.3 Å². The predicted molar refractivity (Wildman–Crippen MR) is 179 cm³/mol. The van der Waals surface area contributed by atoms with Gasteiger partial charge in [0.2, 0.25) is 0 Å². The number of halogens is 3. The molecule has 5 nitrogen and oxygen atoms in total. The minimum Gasteiger partial charge on any atom is -0.493 e. The van der Waals surface area contributed by atoms with Crippen LogP contribution in [0.15, 0.2) is 97.1 Å². The zero-order valence-electron chi connectivity index (χ0n) is 25.6. The van der Waals surface area contributed by atoms with E-state index in [1.807, 2.05) is 66.7 Å². The van der Waals surface area contributed by atoms with Gasteiger partial charge < -0.3 is 24.3 Å². The van der Waals surface area contributed by atoms with Crippen LogP contribution in [-0.4, -0.2) is 25.8 Å². The normalized spacial score (nSPS) is 15.6. The Labute approximate surface area is 275 Å². The van der Waals surface area contributed by atoms with Gasteiger partial charge in [0.25, 0.3) is 0 Å². The van der Waals surface area contributed by atoms with Crippen LogP contribution in [0.5, 0.6) is 23.0 Å².